The monoisotopic (exact) mass is 404 g/mol. The molecule has 0 aromatic heterocycles. The second-order valence-corrected chi connectivity index (χ2v) is 7.14. The van der Waals surface area contributed by atoms with E-state index in [1.54, 1.807) is 13.2 Å². The van der Waals surface area contributed by atoms with Crippen molar-refractivity contribution in [3.8, 4) is 17.2 Å². The van der Waals surface area contributed by atoms with Gasteiger partial charge in [0.2, 0.25) is 12.7 Å². The van der Waals surface area contributed by atoms with Crippen molar-refractivity contribution in [1.82, 2.24) is 4.90 Å². The van der Waals surface area contributed by atoms with Crippen LogP contribution in [0.5, 0.6) is 17.2 Å². The summed E-state index contributed by atoms with van der Waals surface area (Å²) in [5.74, 6) is 2.06. The van der Waals surface area contributed by atoms with Crippen molar-refractivity contribution in [2.24, 2.45) is 0 Å². The van der Waals surface area contributed by atoms with E-state index >= 15 is 0 Å². The van der Waals surface area contributed by atoms with Crippen LogP contribution >= 0.6 is 0 Å². The molecule has 0 saturated heterocycles. The highest BCUT2D eigenvalue weighted by atomic mass is 16.7. The minimum atomic E-state index is -0.470. The zero-order valence-corrected chi connectivity index (χ0v) is 17.0. The number of amides is 1. The summed E-state index contributed by atoms with van der Waals surface area (Å²) in [6.45, 7) is 0.811. The Morgan fingerprint density at radius 3 is 2.63 bits per heavy atom. The summed E-state index contributed by atoms with van der Waals surface area (Å²) in [7, 11) is 3.54. The molecule has 1 heterocycles. The van der Waals surface area contributed by atoms with Crippen LogP contribution in [0, 0.1) is 0 Å². The van der Waals surface area contributed by atoms with E-state index < -0.39 is 6.04 Å². The zero-order chi connectivity index (χ0) is 20.9. The van der Waals surface area contributed by atoms with Gasteiger partial charge in [-0.3, -0.25) is 9.69 Å². The summed E-state index contributed by atoms with van der Waals surface area (Å²) in [6.07, 6.45) is 0. The van der Waals surface area contributed by atoms with Gasteiger partial charge in [-0.15, -0.1) is 0 Å². The van der Waals surface area contributed by atoms with Gasteiger partial charge in [-0.05, 0) is 42.4 Å². The molecule has 3 aromatic rings. The number of fused-ring (bicyclic) bond motifs is 1. The number of hydrogen-bond acceptors (Lipinski definition) is 5. The Hall–Kier alpha value is -3.51. The van der Waals surface area contributed by atoms with Crippen LogP contribution in [0.1, 0.15) is 17.2 Å². The third-order valence-electron chi connectivity index (χ3n) is 5.01. The van der Waals surface area contributed by atoms with Crippen molar-refractivity contribution in [3.05, 3.63) is 83.9 Å². The molecule has 0 unspecified atom stereocenters. The molecular formula is C24H24N2O4. The Kier molecular flexibility index (Phi) is 5.86. The molecule has 154 valence electrons. The minimum Gasteiger partial charge on any atom is -0.497 e. The van der Waals surface area contributed by atoms with Gasteiger partial charge in [-0.1, -0.05) is 42.5 Å². The number of nitrogens with zero attached hydrogens (tertiary/aromatic N) is 1. The van der Waals surface area contributed by atoms with Gasteiger partial charge in [-0.2, -0.15) is 0 Å². The fourth-order valence-electron chi connectivity index (χ4n) is 3.57. The molecular weight excluding hydrogens is 380 g/mol. The maximum absolute atomic E-state index is 13.3. The highest BCUT2D eigenvalue weighted by Gasteiger charge is 2.26. The summed E-state index contributed by atoms with van der Waals surface area (Å²) in [4.78, 5) is 15.3. The molecule has 1 amide bonds. The fourth-order valence-corrected chi connectivity index (χ4v) is 3.57. The summed E-state index contributed by atoms with van der Waals surface area (Å²) in [5.41, 5.74) is 2.65. The molecule has 1 aliphatic heterocycles. The van der Waals surface area contributed by atoms with Crippen LogP contribution in [-0.2, 0) is 11.3 Å². The quantitative estimate of drug-likeness (QED) is 0.638. The van der Waals surface area contributed by atoms with E-state index in [1.807, 2.05) is 78.7 Å². The summed E-state index contributed by atoms with van der Waals surface area (Å²) in [6, 6.07) is 22.5. The van der Waals surface area contributed by atoms with Crippen LogP contribution in [0.3, 0.4) is 0 Å². The number of nitrogens with one attached hydrogen (secondary N) is 1. The maximum Gasteiger partial charge on any atom is 0.246 e. The number of benzene rings is 3. The Morgan fingerprint density at radius 1 is 1.03 bits per heavy atom. The third kappa shape index (κ3) is 4.39. The minimum absolute atomic E-state index is 0.113. The maximum atomic E-state index is 13.3. The van der Waals surface area contributed by atoms with Gasteiger partial charge in [0.05, 0.1) is 7.11 Å². The van der Waals surface area contributed by atoms with E-state index in [1.165, 1.54) is 0 Å². The SMILES string of the molecule is COc1cccc(NC(=O)[C@@H](c2ccccc2)N(C)Cc2ccc3c(c2)OCO3)c1. The average Bonchev–Trinajstić information content (AvgIpc) is 3.22. The number of hydrogen-bond donors (Lipinski definition) is 1. The number of carbonyl (C=O) groups is 1. The van der Waals surface area contributed by atoms with Crippen LogP contribution < -0.4 is 19.5 Å². The lowest BCUT2D eigenvalue weighted by Crippen LogP contribution is -2.34. The van der Waals surface area contributed by atoms with Gasteiger partial charge in [0, 0.05) is 18.3 Å². The first-order valence-corrected chi connectivity index (χ1v) is 9.72. The smallest absolute Gasteiger partial charge is 0.246 e. The van der Waals surface area contributed by atoms with Crippen molar-refractivity contribution < 1.29 is 19.0 Å². The first kappa shape index (κ1) is 19.8. The number of likely N-dealkylation sites (N-methyl/N-ethyl adjacent to an activating group) is 1. The van der Waals surface area contributed by atoms with E-state index in [0.29, 0.717) is 18.0 Å². The number of anilines is 1. The van der Waals surface area contributed by atoms with Crippen molar-refractivity contribution in [3.63, 3.8) is 0 Å². The number of methoxy groups -OCH3 is 1. The molecule has 6 nitrogen and oxygen atoms in total. The summed E-state index contributed by atoms with van der Waals surface area (Å²) < 4.78 is 16.1. The molecule has 0 aliphatic carbocycles. The predicted molar refractivity (Wildman–Crippen MR) is 115 cm³/mol. The highest BCUT2D eigenvalue weighted by Crippen LogP contribution is 2.33. The Labute approximate surface area is 176 Å². The molecule has 0 fully saturated rings. The topological polar surface area (TPSA) is 60.0 Å². The number of carbonyl (C=O) groups excluding carboxylic acids is 1. The zero-order valence-electron chi connectivity index (χ0n) is 17.0. The highest BCUT2D eigenvalue weighted by molar-refractivity contribution is 5.95. The van der Waals surface area contributed by atoms with Gasteiger partial charge in [-0.25, -0.2) is 0 Å². The third-order valence-corrected chi connectivity index (χ3v) is 5.01. The standard InChI is InChI=1S/C24H24N2O4/c1-26(15-17-11-12-21-22(13-17)30-16-29-21)23(18-7-4-3-5-8-18)24(27)25-19-9-6-10-20(14-19)28-2/h3-14,23H,15-16H2,1-2H3,(H,25,27)/t23-/m1/s1. The number of rotatable bonds is 7. The van der Waals surface area contributed by atoms with Crippen LogP contribution in [0.4, 0.5) is 5.69 Å². The number of ether oxygens (including phenoxy) is 3. The van der Waals surface area contributed by atoms with E-state index in [-0.39, 0.29) is 12.7 Å². The predicted octanol–water partition coefficient (Wildman–Crippen LogP) is 4.24. The molecule has 1 atom stereocenters. The first-order chi connectivity index (χ1) is 14.6. The first-order valence-electron chi connectivity index (χ1n) is 9.72. The van der Waals surface area contributed by atoms with Gasteiger partial charge in [0.1, 0.15) is 11.8 Å². The fraction of sp³-hybridized carbons (Fsp3) is 0.208. The van der Waals surface area contributed by atoms with Crippen LogP contribution in [0.15, 0.2) is 72.8 Å². The molecule has 1 aliphatic rings. The van der Waals surface area contributed by atoms with Crippen LogP contribution in [0.25, 0.3) is 0 Å². The average molecular weight is 404 g/mol. The summed E-state index contributed by atoms with van der Waals surface area (Å²) in [5, 5.41) is 3.02. The van der Waals surface area contributed by atoms with Crippen molar-refractivity contribution >= 4 is 11.6 Å². The lowest BCUT2D eigenvalue weighted by Gasteiger charge is -2.28. The lowest BCUT2D eigenvalue weighted by molar-refractivity contribution is -0.121. The Bertz CT molecular complexity index is 1020. The van der Waals surface area contributed by atoms with Crippen LogP contribution in [-0.4, -0.2) is 31.8 Å². The van der Waals surface area contributed by atoms with Crippen molar-refractivity contribution in [1.29, 1.82) is 0 Å². The molecule has 0 spiro atoms. The second kappa shape index (κ2) is 8.88. The van der Waals surface area contributed by atoms with E-state index in [2.05, 4.69) is 5.32 Å². The van der Waals surface area contributed by atoms with Crippen molar-refractivity contribution in [2.75, 3.05) is 26.3 Å². The molecule has 3 aromatic carbocycles. The molecule has 1 N–H and O–H groups in total. The van der Waals surface area contributed by atoms with Gasteiger partial charge < -0.3 is 19.5 Å². The largest absolute Gasteiger partial charge is 0.497 e. The van der Waals surface area contributed by atoms with Gasteiger partial charge in [0.15, 0.2) is 11.5 Å². The molecule has 0 saturated carbocycles. The second-order valence-electron chi connectivity index (χ2n) is 7.14. The van der Waals surface area contributed by atoms with Gasteiger partial charge in [0.25, 0.3) is 0 Å². The molecule has 0 radical (unpaired) electrons. The lowest BCUT2D eigenvalue weighted by atomic mass is 10.0. The Morgan fingerprint density at radius 2 is 1.83 bits per heavy atom. The summed E-state index contributed by atoms with van der Waals surface area (Å²) >= 11 is 0. The van der Waals surface area contributed by atoms with E-state index in [4.69, 9.17) is 14.2 Å². The van der Waals surface area contributed by atoms with Crippen LogP contribution in [0.2, 0.25) is 0 Å². The van der Waals surface area contributed by atoms with Gasteiger partial charge >= 0.3 is 0 Å². The van der Waals surface area contributed by atoms with Crippen molar-refractivity contribution in [2.45, 2.75) is 12.6 Å². The Balaban J connectivity index is 1.56. The van der Waals surface area contributed by atoms with E-state index in [0.717, 1.165) is 22.6 Å². The molecule has 0 bridgehead atoms. The molecule has 30 heavy (non-hydrogen) atoms. The molecule has 4 rings (SSSR count). The molecule has 6 heteroatoms. The normalized spacial score (nSPS) is 13.2. The van der Waals surface area contributed by atoms with E-state index in [9.17, 15) is 4.79 Å².